The summed E-state index contributed by atoms with van der Waals surface area (Å²) in [5.41, 5.74) is 2.92. The molecule has 2 aromatic carbocycles. The fraction of sp³-hybridized carbons (Fsp3) is 0.174. The molecule has 0 aliphatic carbocycles. The maximum Gasteiger partial charge on any atom is 0.269 e. The summed E-state index contributed by atoms with van der Waals surface area (Å²) in [6.07, 6.45) is 1.54. The Morgan fingerprint density at radius 1 is 1.06 bits per heavy atom. The van der Waals surface area contributed by atoms with E-state index in [2.05, 4.69) is 15.6 Å². The number of benzene rings is 2. The Hall–Kier alpha value is -4.07. The number of nitrogens with zero attached hydrogens (tertiary/aromatic N) is 3. The maximum atomic E-state index is 11.8. The van der Waals surface area contributed by atoms with Crippen molar-refractivity contribution in [1.29, 1.82) is 0 Å². The lowest BCUT2D eigenvalue weighted by Gasteiger charge is -2.08. The molecule has 0 spiro atoms. The van der Waals surface area contributed by atoms with E-state index in [1.165, 1.54) is 6.20 Å². The Labute approximate surface area is 179 Å². The molecule has 0 radical (unpaired) electrons. The second-order valence-corrected chi connectivity index (χ2v) is 6.79. The molecule has 0 saturated carbocycles. The molecule has 0 saturated heterocycles. The van der Waals surface area contributed by atoms with Crippen LogP contribution in [0.25, 0.3) is 11.0 Å². The van der Waals surface area contributed by atoms with E-state index in [4.69, 9.17) is 14.5 Å². The highest BCUT2D eigenvalue weighted by Gasteiger charge is 2.11. The number of aryl methyl sites for hydroxylation is 1. The zero-order valence-electron chi connectivity index (χ0n) is 17.5. The van der Waals surface area contributed by atoms with Gasteiger partial charge in [0.1, 0.15) is 22.9 Å². The van der Waals surface area contributed by atoms with Crippen molar-refractivity contribution in [3.05, 3.63) is 66.5 Å². The Bertz CT molecular complexity index is 1240. The summed E-state index contributed by atoms with van der Waals surface area (Å²) in [5.74, 6) is 2.37. The molecule has 4 aromatic rings. The van der Waals surface area contributed by atoms with Crippen LogP contribution in [-0.4, -0.2) is 34.1 Å². The SMILES string of the molecule is CCOc1cccc(Nc2nc3cc(Oc4ccnc(C(=O)NC)c4)ccc3n2C)c1. The molecule has 31 heavy (non-hydrogen) atoms. The number of hydrogen-bond acceptors (Lipinski definition) is 6. The Balaban J connectivity index is 1.58. The van der Waals surface area contributed by atoms with Gasteiger partial charge in [-0.2, -0.15) is 0 Å². The van der Waals surface area contributed by atoms with E-state index in [1.807, 2.05) is 61.0 Å². The number of imidazole rings is 1. The van der Waals surface area contributed by atoms with Gasteiger partial charge in [0, 0.05) is 44.2 Å². The molecule has 0 fully saturated rings. The number of carbonyl (C=O) groups is 1. The highest BCUT2D eigenvalue weighted by molar-refractivity contribution is 5.92. The van der Waals surface area contributed by atoms with Crippen molar-refractivity contribution in [2.24, 2.45) is 7.05 Å². The van der Waals surface area contributed by atoms with Crippen LogP contribution in [-0.2, 0) is 7.05 Å². The molecule has 8 heteroatoms. The number of pyridine rings is 1. The number of rotatable bonds is 7. The van der Waals surface area contributed by atoms with Crippen LogP contribution in [0.15, 0.2) is 60.8 Å². The first-order valence-electron chi connectivity index (χ1n) is 9.89. The van der Waals surface area contributed by atoms with Gasteiger partial charge in [0.15, 0.2) is 0 Å². The van der Waals surface area contributed by atoms with Crippen LogP contribution >= 0.6 is 0 Å². The molecule has 4 rings (SSSR count). The zero-order chi connectivity index (χ0) is 21.8. The standard InChI is InChI=1S/C23H23N5O3/c1-4-30-16-7-5-6-15(12-16)26-23-27-19-13-17(8-9-21(19)28(23)3)31-18-10-11-25-20(14-18)22(29)24-2/h5-14H,4H2,1-3H3,(H,24,29)(H,26,27). The molecular weight excluding hydrogens is 394 g/mol. The Kier molecular flexibility index (Phi) is 5.70. The second-order valence-electron chi connectivity index (χ2n) is 6.79. The van der Waals surface area contributed by atoms with Crippen LogP contribution < -0.4 is 20.1 Å². The van der Waals surface area contributed by atoms with Gasteiger partial charge in [0.05, 0.1) is 17.6 Å². The van der Waals surface area contributed by atoms with Crippen LogP contribution in [0, 0.1) is 0 Å². The van der Waals surface area contributed by atoms with Gasteiger partial charge in [0.2, 0.25) is 5.95 Å². The molecule has 0 bridgehead atoms. The third-order valence-corrected chi connectivity index (χ3v) is 4.68. The van der Waals surface area contributed by atoms with Crippen molar-refractivity contribution in [3.8, 4) is 17.2 Å². The largest absolute Gasteiger partial charge is 0.494 e. The van der Waals surface area contributed by atoms with Gasteiger partial charge >= 0.3 is 0 Å². The van der Waals surface area contributed by atoms with Crippen molar-refractivity contribution in [2.75, 3.05) is 19.0 Å². The summed E-state index contributed by atoms with van der Waals surface area (Å²) in [6.45, 7) is 2.57. The molecular formula is C23H23N5O3. The number of fused-ring (bicyclic) bond motifs is 1. The minimum atomic E-state index is -0.269. The van der Waals surface area contributed by atoms with Crippen molar-refractivity contribution in [3.63, 3.8) is 0 Å². The summed E-state index contributed by atoms with van der Waals surface area (Å²) in [6, 6.07) is 16.7. The third kappa shape index (κ3) is 4.42. The molecule has 2 heterocycles. The van der Waals surface area contributed by atoms with Crippen LogP contribution in [0.3, 0.4) is 0 Å². The average molecular weight is 417 g/mol. The summed E-state index contributed by atoms with van der Waals surface area (Å²) in [4.78, 5) is 20.5. The molecule has 8 nitrogen and oxygen atoms in total. The van der Waals surface area contributed by atoms with Gasteiger partial charge in [-0.1, -0.05) is 6.07 Å². The second kappa shape index (κ2) is 8.74. The fourth-order valence-corrected chi connectivity index (χ4v) is 3.18. The molecule has 0 aliphatic heterocycles. The van der Waals surface area contributed by atoms with Gasteiger partial charge in [0.25, 0.3) is 5.91 Å². The normalized spacial score (nSPS) is 10.7. The first kappa shape index (κ1) is 20.2. The minimum Gasteiger partial charge on any atom is -0.494 e. The van der Waals surface area contributed by atoms with Gasteiger partial charge in [-0.15, -0.1) is 0 Å². The van der Waals surface area contributed by atoms with E-state index in [-0.39, 0.29) is 5.91 Å². The summed E-state index contributed by atoms with van der Waals surface area (Å²) in [5, 5.41) is 5.89. The Morgan fingerprint density at radius 2 is 1.90 bits per heavy atom. The predicted octanol–water partition coefficient (Wildman–Crippen LogP) is 4.26. The van der Waals surface area contributed by atoms with E-state index >= 15 is 0 Å². The average Bonchev–Trinajstić information content (AvgIpc) is 3.08. The molecule has 1 amide bonds. The van der Waals surface area contributed by atoms with E-state index in [0.29, 0.717) is 29.7 Å². The lowest BCUT2D eigenvalue weighted by molar-refractivity contribution is 0.0958. The zero-order valence-corrected chi connectivity index (χ0v) is 17.5. The van der Waals surface area contributed by atoms with Crippen molar-refractivity contribution < 1.29 is 14.3 Å². The lowest BCUT2D eigenvalue weighted by atomic mass is 10.3. The van der Waals surface area contributed by atoms with Crippen molar-refractivity contribution >= 4 is 28.6 Å². The maximum absolute atomic E-state index is 11.8. The van der Waals surface area contributed by atoms with Gasteiger partial charge in [-0.3, -0.25) is 9.78 Å². The third-order valence-electron chi connectivity index (χ3n) is 4.68. The number of ether oxygens (including phenoxy) is 2. The quantitative estimate of drug-likeness (QED) is 0.467. The highest BCUT2D eigenvalue weighted by Crippen LogP contribution is 2.28. The van der Waals surface area contributed by atoms with E-state index < -0.39 is 0 Å². The Morgan fingerprint density at radius 3 is 2.71 bits per heavy atom. The van der Waals surface area contributed by atoms with Gasteiger partial charge in [-0.05, 0) is 37.3 Å². The van der Waals surface area contributed by atoms with Crippen molar-refractivity contribution in [2.45, 2.75) is 6.92 Å². The number of aromatic nitrogens is 3. The number of anilines is 2. The van der Waals surface area contributed by atoms with E-state index in [9.17, 15) is 4.79 Å². The molecule has 2 N–H and O–H groups in total. The monoisotopic (exact) mass is 417 g/mol. The molecule has 2 aromatic heterocycles. The number of hydrogen-bond donors (Lipinski definition) is 2. The number of amides is 1. The predicted molar refractivity (Wildman–Crippen MR) is 119 cm³/mol. The molecule has 0 aliphatic rings. The first-order chi connectivity index (χ1) is 15.1. The summed E-state index contributed by atoms with van der Waals surface area (Å²) in [7, 11) is 3.51. The van der Waals surface area contributed by atoms with Crippen LogP contribution in [0.5, 0.6) is 17.2 Å². The molecule has 0 atom stereocenters. The topological polar surface area (TPSA) is 90.3 Å². The van der Waals surface area contributed by atoms with Crippen LogP contribution in [0.4, 0.5) is 11.6 Å². The molecule has 158 valence electrons. The van der Waals surface area contributed by atoms with Gasteiger partial charge < -0.3 is 24.7 Å². The van der Waals surface area contributed by atoms with Gasteiger partial charge in [-0.25, -0.2) is 4.98 Å². The van der Waals surface area contributed by atoms with Crippen molar-refractivity contribution in [1.82, 2.24) is 19.9 Å². The smallest absolute Gasteiger partial charge is 0.269 e. The fourth-order valence-electron chi connectivity index (χ4n) is 3.18. The first-order valence-corrected chi connectivity index (χ1v) is 9.89. The van der Waals surface area contributed by atoms with E-state index in [0.717, 1.165) is 22.5 Å². The highest BCUT2D eigenvalue weighted by atomic mass is 16.5. The number of nitrogens with one attached hydrogen (secondary N) is 2. The number of carbonyl (C=O) groups excluding carboxylic acids is 1. The van der Waals surface area contributed by atoms with Crippen LogP contribution in [0.2, 0.25) is 0 Å². The summed E-state index contributed by atoms with van der Waals surface area (Å²) >= 11 is 0. The minimum absolute atomic E-state index is 0.269. The lowest BCUT2D eigenvalue weighted by Crippen LogP contribution is -2.18. The van der Waals surface area contributed by atoms with E-state index in [1.54, 1.807) is 19.2 Å². The van der Waals surface area contributed by atoms with Crippen LogP contribution in [0.1, 0.15) is 17.4 Å². The summed E-state index contributed by atoms with van der Waals surface area (Å²) < 4.78 is 13.5. The molecule has 0 unspecified atom stereocenters.